The highest BCUT2D eigenvalue weighted by molar-refractivity contribution is 5.78. The van der Waals surface area contributed by atoms with Crippen LogP contribution in [0.25, 0.3) is 0 Å². The highest BCUT2D eigenvalue weighted by Crippen LogP contribution is 2.14. The minimum Gasteiger partial charge on any atom is -0.463 e. The van der Waals surface area contributed by atoms with Crippen molar-refractivity contribution in [2.24, 2.45) is 0 Å². The van der Waals surface area contributed by atoms with E-state index in [2.05, 4.69) is 0 Å². The van der Waals surface area contributed by atoms with Gasteiger partial charge in [0, 0.05) is 19.3 Å². The van der Waals surface area contributed by atoms with E-state index in [0.717, 1.165) is 19.3 Å². The number of Topliss-reactive ketones (excluding diaryl/α,β-unsaturated/α-hetero) is 1. The second-order valence-electron chi connectivity index (χ2n) is 6.06. The van der Waals surface area contributed by atoms with Gasteiger partial charge in [0.2, 0.25) is 0 Å². The minimum atomic E-state index is -0.123. The van der Waals surface area contributed by atoms with Gasteiger partial charge in [-0.1, -0.05) is 44.9 Å². The summed E-state index contributed by atoms with van der Waals surface area (Å²) >= 11 is 0. The minimum absolute atomic E-state index is 0.103. The van der Waals surface area contributed by atoms with E-state index in [4.69, 9.17) is 4.74 Å². The number of hydrogen-bond donors (Lipinski definition) is 0. The van der Waals surface area contributed by atoms with Crippen molar-refractivity contribution in [1.82, 2.24) is 0 Å². The first kappa shape index (κ1) is 17.2. The first-order chi connectivity index (χ1) is 9.68. The molecular weight excluding hydrogens is 252 g/mol. The summed E-state index contributed by atoms with van der Waals surface area (Å²) in [7, 11) is 0. The number of ketones is 1. The molecule has 0 aromatic heterocycles. The molecule has 0 aliphatic carbocycles. The smallest absolute Gasteiger partial charge is 0.306 e. The Morgan fingerprint density at radius 1 is 0.750 bits per heavy atom. The molecule has 1 unspecified atom stereocenters. The Morgan fingerprint density at radius 2 is 1.25 bits per heavy atom. The van der Waals surface area contributed by atoms with Crippen molar-refractivity contribution in [2.45, 2.75) is 96.5 Å². The fraction of sp³-hybridized carbons (Fsp3) is 0.882. The van der Waals surface area contributed by atoms with Crippen LogP contribution in [0, 0.1) is 0 Å². The first-order valence-electron chi connectivity index (χ1n) is 8.39. The molecule has 1 rings (SSSR count). The SMILES string of the molecule is CC1CCC(=O)CCCCCCCCCCCC(=O)O1. The first-order valence-corrected chi connectivity index (χ1v) is 8.39. The fourth-order valence-electron chi connectivity index (χ4n) is 2.66. The predicted molar refractivity (Wildman–Crippen MR) is 80.6 cm³/mol. The van der Waals surface area contributed by atoms with Gasteiger partial charge in [0.05, 0.1) is 6.10 Å². The van der Waals surface area contributed by atoms with Crippen LogP contribution in [0.15, 0.2) is 0 Å². The molecule has 0 bridgehead atoms. The van der Waals surface area contributed by atoms with Gasteiger partial charge in [0.15, 0.2) is 0 Å². The van der Waals surface area contributed by atoms with E-state index in [1.54, 1.807) is 0 Å². The van der Waals surface area contributed by atoms with Crippen molar-refractivity contribution in [3.05, 3.63) is 0 Å². The molecule has 1 aliphatic rings. The summed E-state index contributed by atoms with van der Waals surface area (Å²) in [5.74, 6) is 0.214. The second kappa shape index (κ2) is 10.9. The van der Waals surface area contributed by atoms with Gasteiger partial charge in [-0.2, -0.15) is 0 Å². The highest BCUT2D eigenvalue weighted by atomic mass is 16.5. The van der Waals surface area contributed by atoms with Crippen LogP contribution < -0.4 is 0 Å². The molecule has 1 saturated heterocycles. The van der Waals surface area contributed by atoms with Gasteiger partial charge in [0.25, 0.3) is 0 Å². The van der Waals surface area contributed by atoms with E-state index in [1.807, 2.05) is 6.92 Å². The Morgan fingerprint density at radius 3 is 1.85 bits per heavy atom. The average Bonchev–Trinajstić information content (AvgIpc) is 2.41. The van der Waals surface area contributed by atoms with Gasteiger partial charge < -0.3 is 4.74 Å². The highest BCUT2D eigenvalue weighted by Gasteiger charge is 2.11. The largest absolute Gasteiger partial charge is 0.463 e. The van der Waals surface area contributed by atoms with E-state index in [9.17, 15) is 9.59 Å². The molecule has 1 fully saturated rings. The number of hydrogen-bond acceptors (Lipinski definition) is 3. The Labute approximate surface area is 123 Å². The Bertz CT molecular complexity index is 286. The van der Waals surface area contributed by atoms with Gasteiger partial charge in [-0.05, 0) is 26.2 Å². The van der Waals surface area contributed by atoms with Gasteiger partial charge in [-0.3, -0.25) is 9.59 Å². The van der Waals surface area contributed by atoms with Gasteiger partial charge >= 0.3 is 5.97 Å². The number of esters is 1. The van der Waals surface area contributed by atoms with Gasteiger partial charge in [0.1, 0.15) is 5.78 Å². The number of rotatable bonds is 0. The summed E-state index contributed by atoms with van der Waals surface area (Å²) in [6.07, 6.45) is 12.9. The monoisotopic (exact) mass is 282 g/mol. The lowest BCUT2D eigenvalue weighted by Crippen LogP contribution is -2.16. The topological polar surface area (TPSA) is 43.4 Å². The molecule has 3 heteroatoms. The molecule has 0 N–H and O–H groups in total. The molecular formula is C17H30O3. The number of carbonyl (C=O) groups is 2. The van der Waals surface area contributed by atoms with Crippen molar-refractivity contribution in [3.8, 4) is 0 Å². The molecule has 0 radical (unpaired) electrons. The summed E-state index contributed by atoms with van der Waals surface area (Å²) in [6, 6.07) is 0. The molecule has 1 heterocycles. The molecule has 0 spiro atoms. The Hall–Kier alpha value is -0.860. The predicted octanol–water partition coefficient (Wildman–Crippen LogP) is 4.57. The molecule has 116 valence electrons. The van der Waals surface area contributed by atoms with Crippen molar-refractivity contribution in [1.29, 1.82) is 0 Å². The van der Waals surface area contributed by atoms with E-state index < -0.39 is 0 Å². The van der Waals surface area contributed by atoms with Crippen LogP contribution in [0.1, 0.15) is 90.4 Å². The van der Waals surface area contributed by atoms with Crippen molar-refractivity contribution >= 4 is 11.8 Å². The van der Waals surface area contributed by atoms with Crippen LogP contribution in [-0.2, 0) is 14.3 Å². The third kappa shape index (κ3) is 9.11. The molecule has 1 aliphatic heterocycles. The maximum atomic E-state index is 11.7. The van der Waals surface area contributed by atoms with E-state index >= 15 is 0 Å². The molecule has 3 nitrogen and oxygen atoms in total. The lowest BCUT2D eigenvalue weighted by atomic mass is 10.0. The van der Waals surface area contributed by atoms with Gasteiger partial charge in [-0.25, -0.2) is 0 Å². The zero-order chi connectivity index (χ0) is 14.6. The summed E-state index contributed by atoms with van der Waals surface area (Å²) < 4.78 is 5.33. The van der Waals surface area contributed by atoms with E-state index in [-0.39, 0.29) is 12.1 Å². The molecule has 0 amide bonds. The molecule has 0 aromatic carbocycles. The Kier molecular flexibility index (Phi) is 9.35. The summed E-state index contributed by atoms with van der Waals surface area (Å²) in [5, 5.41) is 0. The number of cyclic esters (lactones) is 1. The average molecular weight is 282 g/mol. The molecule has 1 atom stereocenters. The normalized spacial score (nSPS) is 25.8. The zero-order valence-corrected chi connectivity index (χ0v) is 13.0. The lowest BCUT2D eigenvalue weighted by Gasteiger charge is -2.12. The molecule has 0 saturated carbocycles. The van der Waals surface area contributed by atoms with Crippen molar-refractivity contribution in [2.75, 3.05) is 0 Å². The summed E-state index contributed by atoms with van der Waals surface area (Å²) in [6.45, 7) is 1.89. The van der Waals surface area contributed by atoms with Crippen LogP contribution in [0.2, 0.25) is 0 Å². The van der Waals surface area contributed by atoms with E-state index in [1.165, 1.54) is 38.5 Å². The third-order valence-corrected chi connectivity index (χ3v) is 4.00. The second-order valence-corrected chi connectivity index (χ2v) is 6.06. The standard InChI is InChI=1S/C17H30O3/c1-15-13-14-16(18)11-9-7-5-3-2-4-6-8-10-12-17(19)20-15/h15H,2-14H2,1H3. The third-order valence-electron chi connectivity index (χ3n) is 4.00. The van der Waals surface area contributed by atoms with Crippen LogP contribution in [-0.4, -0.2) is 17.9 Å². The van der Waals surface area contributed by atoms with Gasteiger partial charge in [-0.15, -0.1) is 0 Å². The van der Waals surface area contributed by atoms with Crippen molar-refractivity contribution in [3.63, 3.8) is 0 Å². The Balaban J connectivity index is 2.32. The molecule has 20 heavy (non-hydrogen) atoms. The van der Waals surface area contributed by atoms with Crippen LogP contribution >= 0.6 is 0 Å². The zero-order valence-electron chi connectivity index (χ0n) is 13.0. The van der Waals surface area contributed by atoms with Crippen LogP contribution in [0.4, 0.5) is 0 Å². The number of ether oxygens (including phenoxy) is 1. The van der Waals surface area contributed by atoms with Crippen molar-refractivity contribution < 1.29 is 14.3 Å². The maximum absolute atomic E-state index is 11.7. The fourth-order valence-corrected chi connectivity index (χ4v) is 2.66. The van der Waals surface area contributed by atoms with Crippen LogP contribution in [0.3, 0.4) is 0 Å². The number of carbonyl (C=O) groups excluding carboxylic acids is 2. The summed E-state index contributed by atoms with van der Waals surface area (Å²) in [4.78, 5) is 23.3. The summed E-state index contributed by atoms with van der Waals surface area (Å²) in [5.41, 5.74) is 0. The lowest BCUT2D eigenvalue weighted by molar-refractivity contribution is -0.149. The molecule has 0 aromatic rings. The van der Waals surface area contributed by atoms with Crippen LogP contribution in [0.5, 0.6) is 0 Å². The maximum Gasteiger partial charge on any atom is 0.306 e. The van der Waals surface area contributed by atoms with E-state index in [0.29, 0.717) is 31.5 Å². The quantitative estimate of drug-likeness (QED) is 0.611.